The molecule has 3 N–H and O–H groups in total. The van der Waals surface area contributed by atoms with Crippen LogP contribution in [0.4, 0.5) is 15.8 Å². The summed E-state index contributed by atoms with van der Waals surface area (Å²) in [7, 11) is 1.58. The number of nitrogens with zero attached hydrogens (tertiary/aromatic N) is 2. The summed E-state index contributed by atoms with van der Waals surface area (Å²) in [4.78, 5) is 23.7. The van der Waals surface area contributed by atoms with E-state index in [0.717, 1.165) is 19.0 Å². The molecule has 1 aromatic carbocycles. The maximum absolute atomic E-state index is 13.4. The fourth-order valence-corrected chi connectivity index (χ4v) is 2.26. The molecule has 2 rings (SSSR count). The average Bonchev–Trinajstić information content (AvgIpc) is 2.93. The van der Waals surface area contributed by atoms with Gasteiger partial charge in [0.15, 0.2) is 0 Å². The number of likely N-dealkylation sites (N-methyl/N-ethyl adjacent to an activating group) is 1. The molecule has 1 aliphatic heterocycles. The highest BCUT2D eigenvalue weighted by Gasteiger charge is 2.28. The lowest BCUT2D eigenvalue weighted by atomic mass is 10.1. The Labute approximate surface area is 126 Å². The summed E-state index contributed by atoms with van der Waals surface area (Å²) in [5, 5.41) is 13.9. The van der Waals surface area contributed by atoms with Crippen LogP contribution < -0.4 is 11.1 Å². The van der Waals surface area contributed by atoms with Crippen molar-refractivity contribution in [2.75, 3.05) is 25.9 Å². The number of anilines is 1. The molecule has 7 nitrogen and oxygen atoms in total. The van der Waals surface area contributed by atoms with Gasteiger partial charge in [0, 0.05) is 19.6 Å². The summed E-state index contributed by atoms with van der Waals surface area (Å²) < 4.78 is 13.4. The van der Waals surface area contributed by atoms with Gasteiger partial charge in [-0.15, -0.1) is 12.4 Å². The number of nitrogens with two attached hydrogens (primary N) is 1. The van der Waals surface area contributed by atoms with Crippen LogP contribution in [0, 0.1) is 15.9 Å². The van der Waals surface area contributed by atoms with Crippen LogP contribution in [-0.2, 0) is 0 Å². The summed E-state index contributed by atoms with van der Waals surface area (Å²) in [6.45, 7) is 1.43. The van der Waals surface area contributed by atoms with Crippen molar-refractivity contribution in [3.63, 3.8) is 0 Å². The van der Waals surface area contributed by atoms with Crippen LogP contribution in [0.2, 0.25) is 0 Å². The van der Waals surface area contributed by atoms with Crippen molar-refractivity contribution in [2.45, 2.75) is 12.5 Å². The monoisotopic (exact) mass is 318 g/mol. The third-order valence-electron chi connectivity index (χ3n) is 3.45. The van der Waals surface area contributed by atoms with E-state index in [1.165, 1.54) is 4.90 Å². The second-order valence-corrected chi connectivity index (χ2v) is 4.71. The van der Waals surface area contributed by atoms with Gasteiger partial charge in [-0.1, -0.05) is 0 Å². The third kappa shape index (κ3) is 3.40. The number of nitro benzene ring substituents is 1. The van der Waals surface area contributed by atoms with Gasteiger partial charge in [0.05, 0.1) is 16.6 Å². The van der Waals surface area contributed by atoms with Gasteiger partial charge < -0.3 is 16.0 Å². The lowest BCUT2D eigenvalue weighted by molar-refractivity contribution is -0.384. The summed E-state index contributed by atoms with van der Waals surface area (Å²) in [5.41, 5.74) is 4.55. The quantitative estimate of drug-likeness (QED) is 0.495. The van der Waals surface area contributed by atoms with E-state index in [4.69, 9.17) is 5.73 Å². The molecular formula is C12H16ClFN4O3. The fraction of sp³-hybridized carbons (Fsp3) is 0.417. The van der Waals surface area contributed by atoms with Crippen molar-refractivity contribution in [1.82, 2.24) is 10.2 Å². The minimum atomic E-state index is -0.854. The number of nitro groups is 1. The van der Waals surface area contributed by atoms with Crippen molar-refractivity contribution >= 4 is 29.7 Å². The highest BCUT2D eigenvalue weighted by atomic mass is 35.5. The van der Waals surface area contributed by atoms with Crippen LogP contribution >= 0.6 is 12.4 Å². The fourth-order valence-electron chi connectivity index (χ4n) is 2.26. The lowest BCUT2D eigenvalue weighted by Gasteiger charge is -2.24. The minimum absolute atomic E-state index is 0. The zero-order valence-electron chi connectivity index (χ0n) is 11.3. The smallest absolute Gasteiger partial charge is 0.295 e. The number of nitrogens with one attached hydrogen (secondary N) is 1. The van der Waals surface area contributed by atoms with Crippen LogP contribution in [0.25, 0.3) is 0 Å². The van der Waals surface area contributed by atoms with Gasteiger partial charge in [0.2, 0.25) is 0 Å². The summed E-state index contributed by atoms with van der Waals surface area (Å²) in [5.74, 6) is -1.37. The van der Waals surface area contributed by atoms with Crippen molar-refractivity contribution < 1.29 is 14.1 Å². The highest BCUT2D eigenvalue weighted by Crippen LogP contribution is 2.28. The molecule has 1 aromatic rings. The molecular weight excluding hydrogens is 303 g/mol. The van der Waals surface area contributed by atoms with Crippen LogP contribution in [0.3, 0.4) is 0 Å². The van der Waals surface area contributed by atoms with Crippen molar-refractivity contribution in [3.8, 4) is 0 Å². The van der Waals surface area contributed by atoms with E-state index in [-0.39, 0.29) is 29.7 Å². The predicted octanol–water partition coefficient (Wildman–Crippen LogP) is 1.17. The van der Waals surface area contributed by atoms with Crippen LogP contribution in [0.5, 0.6) is 0 Å². The van der Waals surface area contributed by atoms with Crippen molar-refractivity contribution in [2.24, 2.45) is 0 Å². The molecule has 0 radical (unpaired) electrons. The predicted molar refractivity (Wildman–Crippen MR) is 78.1 cm³/mol. The number of halogens is 2. The van der Waals surface area contributed by atoms with Gasteiger partial charge in [-0.2, -0.15) is 0 Å². The molecule has 1 fully saturated rings. The number of carbonyl (C=O) groups is 1. The van der Waals surface area contributed by atoms with Crippen LogP contribution in [-0.4, -0.2) is 41.9 Å². The van der Waals surface area contributed by atoms with Gasteiger partial charge in [-0.05, 0) is 19.0 Å². The van der Waals surface area contributed by atoms with E-state index in [1.54, 1.807) is 7.05 Å². The molecule has 0 spiro atoms. The molecule has 0 saturated carbocycles. The van der Waals surface area contributed by atoms with Crippen LogP contribution in [0.1, 0.15) is 16.8 Å². The number of carbonyl (C=O) groups excluding carboxylic acids is 1. The molecule has 1 unspecified atom stereocenters. The largest absolute Gasteiger partial charge is 0.393 e. The first-order valence-electron chi connectivity index (χ1n) is 6.13. The number of hydrogen-bond acceptors (Lipinski definition) is 5. The number of amides is 1. The Morgan fingerprint density at radius 3 is 2.76 bits per heavy atom. The normalized spacial score (nSPS) is 17.1. The van der Waals surface area contributed by atoms with E-state index in [0.29, 0.717) is 12.6 Å². The van der Waals surface area contributed by atoms with E-state index < -0.39 is 22.3 Å². The number of hydrogen-bond donors (Lipinski definition) is 2. The van der Waals surface area contributed by atoms with Crippen molar-refractivity contribution in [1.29, 1.82) is 0 Å². The summed E-state index contributed by atoms with van der Waals surface area (Å²) in [6.07, 6.45) is 0.777. The zero-order chi connectivity index (χ0) is 14.9. The molecule has 21 heavy (non-hydrogen) atoms. The van der Waals surface area contributed by atoms with E-state index in [9.17, 15) is 19.3 Å². The molecule has 1 heterocycles. The first-order chi connectivity index (χ1) is 9.41. The minimum Gasteiger partial charge on any atom is -0.393 e. The molecule has 1 aliphatic rings. The second kappa shape index (κ2) is 6.68. The Morgan fingerprint density at radius 2 is 2.24 bits per heavy atom. The van der Waals surface area contributed by atoms with Gasteiger partial charge in [-0.25, -0.2) is 4.39 Å². The molecule has 1 atom stereocenters. The Kier molecular flexibility index (Phi) is 5.45. The topological polar surface area (TPSA) is 102 Å². The maximum atomic E-state index is 13.4. The SMILES string of the molecule is CN(C(=O)c1cc(F)cc([N+](=O)[O-])c1N)C1CCNC1.Cl. The van der Waals surface area contributed by atoms with Gasteiger partial charge in [-0.3, -0.25) is 14.9 Å². The van der Waals surface area contributed by atoms with E-state index in [2.05, 4.69) is 5.32 Å². The van der Waals surface area contributed by atoms with Crippen molar-refractivity contribution in [3.05, 3.63) is 33.6 Å². The summed E-state index contributed by atoms with van der Waals surface area (Å²) >= 11 is 0. The van der Waals surface area contributed by atoms with Gasteiger partial charge in [0.25, 0.3) is 11.6 Å². The van der Waals surface area contributed by atoms with E-state index >= 15 is 0 Å². The maximum Gasteiger partial charge on any atom is 0.295 e. The number of rotatable bonds is 3. The highest BCUT2D eigenvalue weighted by molar-refractivity contribution is 6.01. The van der Waals surface area contributed by atoms with Gasteiger partial charge in [0.1, 0.15) is 11.5 Å². The number of benzene rings is 1. The number of nitrogen functional groups attached to an aromatic ring is 1. The Hall–Kier alpha value is -1.93. The third-order valence-corrected chi connectivity index (χ3v) is 3.45. The second-order valence-electron chi connectivity index (χ2n) is 4.71. The standard InChI is InChI=1S/C12H15FN4O3.ClH/c1-16(8-2-3-15-6-8)12(18)9-4-7(13)5-10(11(9)14)17(19)20;/h4-5,8,15H,2-3,6,14H2,1H3;1H. The molecule has 9 heteroatoms. The molecule has 116 valence electrons. The van der Waals surface area contributed by atoms with Crippen LogP contribution in [0.15, 0.2) is 12.1 Å². The lowest BCUT2D eigenvalue weighted by Crippen LogP contribution is -2.38. The molecule has 1 saturated heterocycles. The Morgan fingerprint density at radius 1 is 1.57 bits per heavy atom. The van der Waals surface area contributed by atoms with Gasteiger partial charge >= 0.3 is 0 Å². The first kappa shape index (κ1) is 17.1. The summed E-state index contributed by atoms with van der Waals surface area (Å²) in [6, 6.07) is 1.62. The zero-order valence-corrected chi connectivity index (χ0v) is 12.2. The Balaban J connectivity index is 0.00000220. The molecule has 0 aliphatic carbocycles. The molecule has 1 amide bonds. The van der Waals surface area contributed by atoms with E-state index in [1.807, 2.05) is 0 Å². The first-order valence-corrected chi connectivity index (χ1v) is 6.13. The Bertz CT molecular complexity index is 564. The average molecular weight is 319 g/mol. The molecule has 0 bridgehead atoms. The molecule has 0 aromatic heterocycles.